The monoisotopic (exact) mass is 503 g/mol. The Kier molecular flexibility index (Phi) is 8.61. The van der Waals surface area contributed by atoms with Gasteiger partial charge in [0.25, 0.3) is 0 Å². The quantitative estimate of drug-likeness (QED) is 0.147. The van der Waals surface area contributed by atoms with Gasteiger partial charge in [-0.1, -0.05) is 101 Å². The van der Waals surface area contributed by atoms with Crippen molar-refractivity contribution in [3.05, 3.63) is 128 Å². The first-order chi connectivity index (χ1) is 15.9. The molecule has 0 spiro atoms. The second-order valence-electron chi connectivity index (χ2n) is 7.45. The van der Waals surface area contributed by atoms with E-state index in [0.29, 0.717) is 10.0 Å². The molecule has 0 aliphatic carbocycles. The fourth-order valence-electron chi connectivity index (χ4n) is 3.53. The molecule has 5 nitrogen and oxygen atoms in total. The molecule has 0 aliphatic rings. The number of halogens is 1. The molecule has 0 N–H and O–H groups in total. The first-order valence-electron chi connectivity index (χ1n) is 10.4. The Balaban J connectivity index is 2.00. The molecule has 166 valence electrons. The third-order valence-corrected chi connectivity index (χ3v) is 5.61. The average Bonchev–Trinajstić information content (AvgIpc) is 2.82. The van der Waals surface area contributed by atoms with Gasteiger partial charge in [-0.25, -0.2) is 0 Å². The Morgan fingerprint density at radius 2 is 1.33 bits per heavy atom. The van der Waals surface area contributed by atoms with Crippen LogP contribution >= 0.6 is 15.9 Å². The van der Waals surface area contributed by atoms with E-state index in [2.05, 4.69) is 15.9 Å². The Bertz CT molecular complexity index is 1110. The van der Waals surface area contributed by atoms with Gasteiger partial charge in [-0.2, -0.15) is 0 Å². The lowest BCUT2D eigenvalue weighted by atomic mass is 9.80. The number of allylic oxidation sites excluding steroid dienone is 2. The molecule has 3 aromatic rings. The number of hydrogen-bond acceptors (Lipinski definition) is 4. The molecule has 0 saturated carbocycles. The molecule has 0 amide bonds. The molecule has 1 atom stereocenters. The third-order valence-electron chi connectivity index (χ3n) is 5.12. The zero-order chi connectivity index (χ0) is 23.6. The van der Waals surface area contributed by atoms with Gasteiger partial charge in [0.1, 0.15) is 0 Å². The number of rotatable bonds is 10. The lowest BCUT2D eigenvalue weighted by Gasteiger charge is -2.21. The molecule has 0 saturated heterocycles. The third kappa shape index (κ3) is 7.19. The van der Waals surface area contributed by atoms with Gasteiger partial charge in [-0.3, -0.25) is 19.7 Å². The summed E-state index contributed by atoms with van der Waals surface area (Å²) in [7, 11) is 0. The van der Waals surface area contributed by atoms with Gasteiger partial charge >= 0.3 is 0 Å². The summed E-state index contributed by atoms with van der Waals surface area (Å²) in [5.41, 5.74) is 2.14. The maximum absolute atomic E-state index is 13.3. The highest BCUT2D eigenvalue weighted by Crippen LogP contribution is 2.30. The molecular formula is C27H22BrNO4. The van der Waals surface area contributed by atoms with Crippen LogP contribution in [0.4, 0.5) is 0 Å². The van der Waals surface area contributed by atoms with Crippen LogP contribution in [0, 0.1) is 16.0 Å². The Morgan fingerprint density at radius 1 is 0.818 bits per heavy atom. The first kappa shape index (κ1) is 24.0. The van der Waals surface area contributed by atoms with Crippen molar-refractivity contribution in [2.24, 2.45) is 5.92 Å². The predicted octanol–water partition coefficient (Wildman–Crippen LogP) is 5.99. The highest BCUT2D eigenvalue weighted by Gasteiger charge is 2.36. The van der Waals surface area contributed by atoms with Crippen molar-refractivity contribution >= 4 is 39.6 Å². The molecule has 0 radical (unpaired) electrons. The van der Waals surface area contributed by atoms with E-state index in [9.17, 15) is 19.7 Å². The molecule has 0 bridgehead atoms. The number of benzene rings is 3. The van der Waals surface area contributed by atoms with E-state index in [0.717, 1.165) is 11.1 Å². The van der Waals surface area contributed by atoms with Gasteiger partial charge in [0.05, 0.1) is 11.8 Å². The van der Waals surface area contributed by atoms with Gasteiger partial charge in [0, 0.05) is 9.40 Å². The zero-order valence-corrected chi connectivity index (χ0v) is 19.3. The van der Waals surface area contributed by atoms with Gasteiger partial charge in [-0.15, -0.1) is 0 Å². The topological polar surface area (TPSA) is 77.3 Å². The fourth-order valence-corrected chi connectivity index (χ4v) is 3.95. The summed E-state index contributed by atoms with van der Waals surface area (Å²) in [6.45, 7) is -0.545. The Morgan fingerprint density at radius 3 is 1.79 bits per heavy atom. The minimum absolute atomic E-state index is 0.478. The Hall–Kier alpha value is -3.64. The average molecular weight is 504 g/mol. The van der Waals surface area contributed by atoms with Gasteiger partial charge in [0.15, 0.2) is 11.6 Å². The van der Waals surface area contributed by atoms with Crippen LogP contribution in [-0.2, 0) is 9.59 Å². The zero-order valence-electron chi connectivity index (χ0n) is 17.7. The lowest BCUT2D eigenvalue weighted by Crippen LogP contribution is -2.32. The van der Waals surface area contributed by atoms with Crippen molar-refractivity contribution in [1.29, 1.82) is 0 Å². The van der Waals surface area contributed by atoms with Crippen molar-refractivity contribution in [1.82, 2.24) is 0 Å². The van der Waals surface area contributed by atoms with Gasteiger partial charge < -0.3 is 0 Å². The number of nitrogens with zero attached hydrogens (tertiary/aromatic N) is 1. The van der Waals surface area contributed by atoms with Crippen LogP contribution < -0.4 is 0 Å². The first-order valence-corrected chi connectivity index (χ1v) is 11.1. The van der Waals surface area contributed by atoms with E-state index >= 15 is 0 Å². The Labute approximate surface area is 200 Å². The largest absolute Gasteiger partial charge is 0.294 e. The van der Waals surface area contributed by atoms with Crippen molar-refractivity contribution < 1.29 is 14.5 Å². The summed E-state index contributed by atoms with van der Waals surface area (Å²) in [5.74, 6) is -3.11. The smallest absolute Gasteiger partial charge is 0.211 e. The fraction of sp³-hybridized carbons (Fsp3) is 0.111. The maximum atomic E-state index is 13.3. The van der Waals surface area contributed by atoms with Crippen LogP contribution in [0.25, 0.3) is 12.2 Å². The minimum Gasteiger partial charge on any atom is -0.294 e. The minimum atomic E-state index is -1.23. The van der Waals surface area contributed by atoms with Crippen molar-refractivity contribution in [2.75, 3.05) is 6.54 Å². The predicted molar refractivity (Wildman–Crippen MR) is 133 cm³/mol. The molecule has 0 aliphatic heterocycles. The molecule has 0 aromatic heterocycles. The molecule has 33 heavy (non-hydrogen) atoms. The van der Waals surface area contributed by atoms with Crippen LogP contribution in [0.1, 0.15) is 22.6 Å². The number of carbonyl (C=O) groups excluding carboxylic acids is 2. The molecule has 3 rings (SSSR count). The van der Waals surface area contributed by atoms with Crippen molar-refractivity contribution in [3.8, 4) is 0 Å². The summed E-state index contributed by atoms with van der Waals surface area (Å²) in [6, 6.07) is 25.3. The summed E-state index contributed by atoms with van der Waals surface area (Å²) in [5, 5.41) is 11.5. The molecule has 3 aromatic carbocycles. The second kappa shape index (κ2) is 11.8. The van der Waals surface area contributed by atoms with Crippen molar-refractivity contribution in [2.45, 2.75) is 5.92 Å². The maximum Gasteiger partial charge on any atom is 0.211 e. The van der Waals surface area contributed by atoms with E-state index in [1.807, 2.05) is 60.7 Å². The van der Waals surface area contributed by atoms with Crippen molar-refractivity contribution in [3.63, 3.8) is 0 Å². The number of ketones is 2. The number of nitro groups is 1. The lowest BCUT2D eigenvalue weighted by molar-refractivity contribution is -0.484. The summed E-state index contributed by atoms with van der Waals surface area (Å²) < 4.78 is 0.714. The molecule has 0 fully saturated rings. The number of hydrogen-bond donors (Lipinski definition) is 0. The molecular weight excluding hydrogens is 482 g/mol. The van der Waals surface area contributed by atoms with Crippen LogP contribution in [0.3, 0.4) is 0 Å². The highest BCUT2D eigenvalue weighted by atomic mass is 79.9. The van der Waals surface area contributed by atoms with Crippen LogP contribution in [-0.4, -0.2) is 23.0 Å². The highest BCUT2D eigenvalue weighted by molar-refractivity contribution is 9.10. The van der Waals surface area contributed by atoms with Crippen LogP contribution in [0.5, 0.6) is 0 Å². The van der Waals surface area contributed by atoms with E-state index in [-0.39, 0.29) is 0 Å². The van der Waals surface area contributed by atoms with Gasteiger partial charge in [0.2, 0.25) is 6.54 Å². The van der Waals surface area contributed by atoms with E-state index in [1.165, 1.54) is 12.2 Å². The number of carbonyl (C=O) groups is 2. The van der Waals surface area contributed by atoms with Gasteiger partial charge in [-0.05, 0) is 41.0 Å². The van der Waals surface area contributed by atoms with Crippen LogP contribution in [0.15, 0.2) is 102 Å². The standard InChI is InChI=1S/C27H22BrNO4/c28-23-13-7-12-22(18-23)24(19-29(32)33)27(25(30)16-14-20-8-3-1-4-9-20)26(31)17-15-21-10-5-2-6-11-21/h1-18,24,27H,19H2/b16-14+,17-15+/t24-/m1/s1. The molecule has 0 heterocycles. The van der Waals surface area contributed by atoms with E-state index < -0.39 is 34.9 Å². The van der Waals surface area contributed by atoms with E-state index in [4.69, 9.17) is 0 Å². The second-order valence-corrected chi connectivity index (χ2v) is 8.36. The SMILES string of the molecule is O=C(/C=C/c1ccccc1)C(C(=O)/C=C/c1ccccc1)[C@H](C[N+](=O)[O-])c1cccc(Br)c1. The summed E-state index contributed by atoms with van der Waals surface area (Å²) in [6.07, 6.45) is 5.90. The van der Waals surface area contributed by atoms with Crippen LogP contribution in [0.2, 0.25) is 0 Å². The molecule has 0 unspecified atom stereocenters. The summed E-state index contributed by atoms with van der Waals surface area (Å²) in [4.78, 5) is 37.6. The molecule has 6 heteroatoms. The normalized spacial score (nSPS) is 12.3. The summed E-state index contributed by atoms with van der Waals surface area (Å²) >= 11 is 3.37. The van der Waals surface area contributed by atoms with E-state index in [1.54, 1.807) is 36.4 Å².